The van der Waals surface area contributed by atoms with Gasteiger partial charge >= 0.3 is 0 Å². The molecule has 8 nitrogen and oxygen atoms in total. The number of carbonyl (C=O) groups excluding carboxylic acids is 1. The van der Waals surface area contributed by atoms with Crippen LogP contribution in [0.4, 0.5) is 5.69 Å². The number of benzene rings is 2. The number of hydrogen-bond donors (Lipinski definition) is 1. The van der Waals surface area contributed by atoms with Crippen molar-refractivity contribution in [3.05, 3.63) is 52.8 Å². The van der Waals surface area contributed by atoms with Crippen molar-refractivity contribution in [3.8, 4) is 11.5 Å². The van der Waals surface area contributed by atoms with Crippen molar-refractivity contribution in [2.75, 3.05) is 31.9 Å². The van der Waals surface area contributed by atoms with E-state index in [2.05, 4.69) is 10.3 Å². The molecule has 0 saturated carbocycles. The van der Waals surface area contributed by atoms with Gasteiger partial charge in [-0.15, -0.1) is 0 Å². The molecule has 4 rings (SSSR count). The third kappa shape index (κ3) is 4.89. The van der Waals surface area contributed by atoms with E-state index in [0.717, 1.165) is 12.8 Å². The van der Waals surface area contributed by atoms with Crippen LogP contribution < -0.4 is 20.3 Å². The summed E-state index contributed by atoms with van der Waals surface area (Å²) in [5, 5.41) is 3.91. The molecule has 1 aliphatic heterocycles. The standard InChI is InChI=1S/C23H25N3O5S/c1-29-15-9-10-19(20(12-15)30-2)24-21(27)14-32-23-25-18-8-4-3-7-17(18)22(28)26(23)13-16-6-5-11-31-16/h3-4,7-10,12,16H,5-6,11,13-14H2,1-2H3,(H,24,27)/t16-/m0/s1. The van der Waals surface area contributed by atoms with Gasteiger partial charge in [-0.25, -0.2) is 4.98 Å². The second-order valence-corrected chi connectivity index (χ2v) is 8.31. The van der Waals surface area contributed by atoms with E-state index in [1.54, 1.807) is 42.0 Å². The minimum atomic E-state index is -0.232. The van der Waals surface area contributed by atoms with Gasteiger partial charge in [0.1, 0.15) is 11.5 Å². The summed E-state index contributed by atoms with van der Waals surface area (Å²) >= 11 is 1.23. The number of methoxy groups -OCH3 is 2. The number of thioether (sulfide) groups is 1. The Labute approximate surface area is 189 Å². The summed E-state index contributed by atoms with van der Waals surface area (Å²) in [6, 6.07) is 12.4. The minimum absolute atomic E-state index is 0.0209. The molecule has 1 aromatic heterocycles. The number of ether oxygens (including phenoxy) is 3. The lowest BCUT2D eigenvalue weighted by atomic mass is 10.2. The predicted octanol–water partition coefficient (Wildman–Crippen LogP) is 3.32. The van der Waals surface area contributed by atoms with E-state index < -0.39 is 0 Å². The number of aromatic nitrogens is 2. The second kappa shape index (κ2) is 10.1. The Bertz CT molecular complexity index is 1170. The summed E-state index contributed by atoms with van der Waals surface area (Å²) in [4.78, 5) is 30.5. The maximum atomic E-state index is 13.1. The van der Waals surface area contributed by atoms with Crippen LogP contribution in [0.1, 0.15) is 12.8 Å². The van der Waals surface area contributed by atoms with Crippen LogP contribution in [-0.2, 0) is 16.1 Å². The van der Waals surface area contributed by atoms with Crippen LogP contribution in [0.5, 0.6) is 11.5 Å². The van der Waals surface area contributed by atoms with Gasteiger partial charge in [-0.1, -0.05) is 23.9 Å². The normalized spacial score (nSPS) is 15.6. The molecule has 9 heteroatoms. The maximum Gasteiger partial charge on any atom is 0.262 e. The molecule has 0 bridgehead atoms. The summed E-state index contributed by atoms with van der Waals surface area (Å²) in [6.07, 6.45) is 1.86. The first kappa shape index (κ1) is 22.2. The van der Waals surface area contributed by atoms with Gasteiger partial charge in [-0.2, -0.15) is 0 Å². The Morgan fingerprint density at radius 3 is 2.84 bits per heavy atom. The molecular weight excluding hydrogens is 430 g/mol. The van der Waals surface area contributed by atoms with Crippen LogP contribution in [0.25, 0.3) is 10.9 Å². The lowest BCUT2D eigenvalue weighted by molar-refractivity contribution is -0.113. The molecule has 1 saturated heterocycles. The van der Waals surface area contributed by atoms with Crippen molar-refractivity contribution in [2.24, 2.45) is 0 Å². The lowest BCUT2D eigenvalue weighted by Gasteiger charge is -2.16. The highest BCUT2D eigenvalue weighted by molar-refractivity contribution is 7.99. The number of nitrogens with zero attached hydrogens (tertiary/aromatic N) is 2. The van der Waals surface area contributed by atoms with Crippen molar-refractivity contribution in [2.45, 2.75) is 30.6 Å². The number of anilines is 1. The molecule has 1 aliphatic rings. The summed E-state index contributed by atoms with van der Waals surface area (Å²) in [6.45, 7) is 1.13. The molecule has 168 valence electrons. The maximum absolute atomic E-state index is 13.1. The Hall–Kier alpha value is -3.04. The van der Waals surface area contributed by atoms with E-state index >= 15 is 0 Å². The largest absolute Gasteiger partial charge is 0.497 e. The monoisotopic (exact) mass is 455 g/mol. The number of fused-ring (bicyclic) bond motifs is 1. The van der Waals surface area contributed by atoms with Crippen LogP contribution in [-0.4, -0.2) is 48.1 Å². The highest BCUT2D eigenvalue weighted by Gasteiger charge is 2.21. The molecule has 3 aromatic rings. The number of rotatable bonds is 8. The van der Waals surface area contributed by atoms with Gasteiger partial charge in [0.05, 0.1) is 49.2 Å². The molecule has 0 aliphatic carbocycles. The SMILES string of the molecule is COc1ccc(NC(=O)CSc2nc3ccccc3c(=O)n2C[C@@H]2CCCO2)c(OC)c1. The summed E-state index contributed by atoms with van der Waals surface area (Å²) in [7, 11) is 3.10. The molecule has 32 heavy (non-hydrogen) atoms. The number of hydrogen-bond acceptors (Lipinski definition) is 7. The number of amides is 1. The molecule has 1 N–H and O–H groups in total. The van der Waals surface area contributed by atoms with Crippen LogP contribution in [0.2, 0.25) is 0 Å². The van der Waals surface area contributed by atoms with E-state index in [-0.39, 0.29) is 23.3 Å². The Kier molecular flexibility index (Phi) is 6.96. The number of nitrogens with one attached hydrogen (secondary N) is 1. The smallest absolute Gasteiger partial charge is 0.262 e. The predicted molar refractivity (Wildman–Crippen MR) is 124 cm³/mol. The Morgan fingerprint density at radius 2 is 2.09 bits per heavy atom. The van der Waals surface area contributed by atoms with Crippen LogP contribution >= 0.6 is 11.8 Å². The van der Waals surface area contributed by atoms with Crippen molar-refractivity contribution in [1.29, 1.82) is 0 Å². The average Bonchev–Trinajstić information content (AvgIpc) is 3.33. The third-order valence-electron chi connectivity index (χ3n) is 5.25. The zero-order valence-electron chi connectivity index (χ0n) is 18.0. The number of carbonyl (C=O) groups is 1. The van der Waals surface area contributed by atoms with E-state index in [9.17, 15) is 9.59 Å². The van der Waals surface area contributed by atoms with Gasteiger partial charge in [0.25, 0.3) is 5.56 Å². The average molecular weight is 456 g/mol. The highest BCUT2D eigenvalue weighted by atomic mass is 32.2. The van der Waals surface area contributed by atoms with Crippen molar-refractivity contribution >= 4 is 34.3 Å². The zero-order chi connectivity index (χ0) is 22.5. The molecule has 2 aromatic carbocycles. The molecule has 1 amide bonds. The topological polar surface area (TPSA) is 91.7 Å². The van der Waals surface area contributed by atoms with Crippen molar-refractivity contribution in [1.82, 2.24) is 9.55 Å². The van der Waals surface area contributed by atoms with Gasteiger partial charge in [0.15, 0.2) is 5.16 Å². The third-order valence-corrected chi connectivity index (χ3v) is 6.23. The first-order valence-corrected chi connectivity index (χ1v) is 11.3. The molecule has 0 radical (unpaired) electrons. The summed E-state index contributed by atoms with van der Waals surface area (Å²) in [5.41, 5.74) is 1.04. The van der Waals surface area contributed by atoms with E-state index in [0.29, 0.717) is 46.4 Å². The van der Waals surface area contributed by atoms with Gasteiger partial charge in [-0.05, 0) is 37.1 Å². The minimum Gasteiger partial charge on any atom is -0.497 e. The first-order chi connectivity index (χ1) is 15.6. The quantitative estimate of drug-likeness (QED) is 0.411. The van der Waals surface area contributed by atoms with Crippen molar-refractivity contribution in [3.63, 3.8) is 0 Å². The fourth-order valence-corrected chi connectivity index (χ4v) is 4.44. The first-order valence-electron chi connectivity index (χ1n) is 10.3. The molecule has 2 heterocycles. The van der Waals surface area contributed by atoms with E-state index in [4.69, 9.17) is 14.2 Å². The van der Waals surface area contributed by atoms with Crippen LogP contribution in [0.15, 0.2) is 52.4 Å². The molecular formula is C23H25N3O5S. The van der Waals surface area contributed by atoms with Gasteiger partial charge in [-0.3, -0.25) is 14.2 Å². The molecule has 1 atom stereocenters. The fraction of sp³-hybridized carbons (Fsp3) is 0.348. The zero-order valence-corrected chi connectivity index (χ0v) is 18.8. The number of para-hydroxylation sites is 1. The molecule has 0 unspecified atom stereocenters. The lowest BCUT2D eigenvalue weighted by Crippen LogP contribution is -2.29. The van der Waals surface area contributed by atoms with E-state index in [1.165, 1.54) is 18.9 Å². The Balaban J connectivity index is 1.54. The van der Waals surface area contributed by atoms with Crippen LogP contribution in [0.3, 0.4) is 0 Å². The van der Waals surface area contributed by atoms with Gasteiger partial charge < -0.3 is 19.5 Å². The highest BCUT2D eigenvalue weighted by Crippen LogP contribution is 2.29. The Morgan fingerprint density at radius 1 is 1.25 bits per heavy atom. The molecule has 0 spiro atoms. The summed E-state index contributed by atoms with van der Waals surface area (Å²) in [5.74, 6) is 0.991. The van der Waals surface area contributed by atoms with Gasteiger partial charge in [0.2, 0.25) is 5.91 Å². The van der Waals surface area contributed by atoms with E-state index in [1.807, 2.05) is 12.1 Å². The second-order valence-electron chi connectivity index (χ2n) is 7.37. The van der Waals surface area contributed by atoms with Crippen LogP contribution in [0, 0.1) is 0 Å². The fourth-order valence-electron chi connectivity index (χ4n) is 3.63. The molecule has 1 fully saturated rings. The summed E-state index contributed by atoms with van der Waals surface area (Å²) < 4.78 is 17.9. The van der Waals surface area contributed by atoms with Crippen molar-refractivity contribution < 1.29 is 19.0 Å². The van der Waals surface area contributed by atoms with Gasteiger partial charge in [0, 0.05) is 12.7 Å².